The van der Waals surface area contributed by atoms with Crippen LogP contribution in [-0.2, 0) is 20.8 Å². The van der Waals surface area contributed by atoms with Crippen LogP contribution in [0.15, 0.2) is 54.9 Å². The number of hydrogen-bond acceptors (Lipinski definition) is 4. The number of piperidine rings is 1. The molecule has 166 valence electrons. The van der Waals surface area contributed by atoms with Gasteiger partial charge in [0.2, 0.25) is 17.5 Å². The zero-order valence-corrected chi connectivity index (χ0v) is 18.1. The summed E-state index contributed by atoms with van der Waals surface area (Å²) in [5.74, 6) is 3.21. The summed E-state index contributed by atoms with van der Waals surface area (Å²) in [4.78, 5) is 43.1. The molecule has 0 bridgehead atoms. The zero-order valence-electron chi connectivity index (χ0n) is 18.1. The zero-order chi connectivity index (χ0) is 23.0. The minimum Gasteiger partial charge on any atom is -0.478 e. The molecule has 0 saturated carbocycles. The van der Waals surface area contributed by atoms with Gasteiger partial charge in [-0.05, 0) is 55.5 Å². The van der Waals surface area contributed by atoms with Crippen molar-refractivity contribution in [1.82, 2.24) is 15.2 Å². The van der Waals surface area contributed by atoms with E-state index in [-0.39, 0.29) is 18.9 Å². The first-order valence-corrected chi connectivity index (χ1v) is 10.7. The van der Waals surface area contributed by atoms with Crippen molar-refractivity contribution in [1.29, 1.82) is 0 Å². The largest absolute Gasteiger partial charge is 0.478 e. The topological polar surface area (TPSA) is 99.6 Å². The summed E-state index contributed by atoms with van der Waals surface area (Å²) in [6.07, 6.45) is 5.82. The first-order valence-electron chi connectivity index (χ1n) is 10.7. The van der Waals surface area contributed by atoms with Crippen LogP contribution in [0.4, 0.5) is 0 Å². The predicted octanol–water partition coefficient (Wildman–Crippen LogP) is 2.61. The third kappa shape index (κ3) is 5.33. The molecule has 7 nitrogen and oxygen atoms in total. The summed E-state index contributed by atoms with van der Waals surface area (Å²) in [7, 11) is 0. The molecular weight excluding hydrogens is 406 g/mol. The maximum Gasteiger partial charge on any atom is 0.352 e. The fourth-order valence-corrected chi connectivity index (χ4v) is 4.05. The molecule has 0 spiro atoms. The minimum atomic E-state index is -1.95. The number of carbonyl (C=O) groups excluding carboxylic acids is 2. The van der Waals surface area contributed by atoms with E-state index in [1.807, 2.05) is 42.5 Å². The molecule has 2 N–H and O–H groups in total. The first-order chi connectivity index (χ1) is 15.4. The number of nitrogens with zero attached hydrogens (tertiary/aromatic N) is 2. The molecule has 1 aromatic heterocycles. The Labute approximate surface area is 187 Å². The summed E-state index contributed by atoms with van der Waals surface area (Å²) in [6.45, 7) is 1.51. The fourth-order valence-electron chi connectivity index (χ4n) is 4.05. The van der Waals surface area contributed by atoms with Gasteiger partial charge in [0.05, 0.1) is 5.92 Å². The number of aryl methyl sites for hydroxylation is 1. The third-order valence-corrected chi connectivity index (χ3v) is 5.58. The molecule has 32 heavy (non-hydrogen) atoms. The van der Waals surface area contributed by atoms with Crippen molar-refractivity contribution in [2.75, 3.05) is 6.54 Å². The van der Waals surface area contributed by atoms with Crippen molar-refractivity contribution < 1.29 is 19.5 Å². The SMILES string of the molecule is CC(=O)NC(C(=O)O)(C(C#Cc1ccccc1)CCc1ccncc1)N1CCCCC1=O. The van der Waals surface area contributed by atoms with Crippen LogP contribution in [0, 0.1) is 17.8 Å². The Morgan fingerprint density at radius 3 is 2.53 bits per heavy atom. The van der Waals surface area contributed by atoms with Crippen LogP contribution >= 0.6 is 0 Å². The number of carboxylic acids is 1. The standard InChI is InChI=1S/C25H27N3O4/c1-19(29)27-25(24(31)32,28-18-6-5-9-23(28)30)22(12-10-20-7-3-2-4-8-20)13-11-21-14-16-26-17-15-21/h2-4,7-8,14-17,22H,5-6,9,11,13,18H2,1H3,(H,27,29)(H,31,32). The molecule has 1 aliphatic rings. The molecule has 0 aliphatic carbocycles. The lowest BCUT2D eigenvalue weighted by Crippen LogP contribution is -2.71. The molecule has 0 radical (unpaired) electrons. The van der Waals surface area contributed by atoms with Crippen LogP contribution in [0.2, 0.25) is 0 Å². The van der Waals surface area contributed by atoms with Crippen molar-refractivity contribution in [3.8, 4) is 11.8 Å². The first kappa shape index (κ1) is 23.0. The third-order valence-electron chi connectivity index (χ3n) is 5.58. The van der Waals surface area contributed by atoms with Gasteiger partial charge in [-0.1, -0.05) is 30.0 Å². The van der Waals surface area contributed by atoms with E-state index in [4.69, 9.17) is 0 Å². The second-order valence-corrected chi connectivity index (χ2v) is 7.84. The molecule has 2 atom stereocenters. The monoisotopic (exact) mass is 433 g/mol. The van der Waals surface area contributed by atoms with Crippen LogP contribution in [0.3, 0.4) is 0 Å². The number of likely N-dealkylation sites (tertiary alicyclic amines) is 1. The second kappa shape index (κ2) is 10.6. The average Bonchev–Trinajstić information content (AvgIpc) is 2.79. The van der Waals surface area contributed by atoms with Crippen LogP contribution in [0.1, 0.15) is 43.7 Å². The van der Waals surface area contributed by atoms with Crippen molar-refractivity contribution in [2.45, 2.75) is 44.7 Å². The lowest BCUT2D eigenvalue weighted by atomic mass is 9.84. The van der Waals surface area contributed by atoms with Gasteiger partial charge in [0, 0.05) is 37.8 Å². The number of carbonyl (C=O) groups is 3. The van der Waals surface area contributed by atoms with E-state index in [0.29, 0.717) is 25.7 Å². The summed E-state index contributed by atoms with van der Waals surface area (Å²) in [5, 5.41) is 13.0. The van der Waals surface area contributed by atoms with E-state index >= 15 is 0 Å². The van der Waals surface area contributed by atoms with Gasteiger partial charge in [0.25, 0.3) is 0 Å². The summed E-state index contributed by atoms with van der Waals surface area (Å²) >= 11 is 0. The highest BCUT2D eigenvalue weighted by Crippen LogP contribution is 2.31. The summed E-state index contributed by atoms with van der Waals surface area (Å²) in [5.41, 5.74) is -0.245. The van der Waals surface area contributed by atoms with E-state index in [9.17, 15) is 19.5 Å². The molecular formula is C25H27N3O4. The van der Waals surface area contributed by atoms with E-state index in [1.165, 1.54) is 11.8 Å². The van der Waals surface area contributed by atoms with Gasteiger partial charge in [0.15, 0.2) is 0 Å². The van der Waals surface area contributed by atoms with Crippen LogP contribution < -0.4 is 5.32 Å². The number of carboxylic acid groups (broad SMARTS) is 1. The maximum atomic E-state index is 12.8. The normalized spacial score (nSPS) is 16.3. The van der Waals surface area contributed by atoms with Gasteiger partial charge in [-0.15, -0.1) is 0 Å². The van der Waals surface area contributed by atoms with Gasteiger partial charge in [-0.3, -0.25) is 14.6 Å². The summed E-state index contributed by atoms with van der Waals surface area (Å²) < 4.78 is 0. The Kier molecular flexibility index (Phi) is 7.61. The van der Waals surface area contributed by atoms with Gasteiger partial charge < -0.3 is 15.3 Å². The van der Waals surface area contributed by atoms with Gasteiger partial charge in [-0.25, -0.2) is 4.79 Å². The van der Waals surface area contributed by atoms with Crippen LogP contribution in [0.5, 0.6) is 0 Å². The van der Waals surface area contributed by atoms with Crippen LogP contribution in [0.25, 0.3) is 0 Å². The highest BCUT2D eigenvalue weighted by molar-refractivity contribution is 5.91. The molecule has 2 unspecified atom stereocenters. The Balaban J connectivity index is 2.07. The Bertz CT molecular complexity index is 1010. The smallest absolute Gasteiger partial charge is 0.352 e. The fraction of sp³-hybridized carbons (Fsp3) is 0.360. The molecule has 1 fully saturated rings. The minimum absolute atomic E-state index is 0.248. The number of aliphatic carboxylic acids is 1. The summed E-state index contributed by atoms with van der Waals surface area (Å²) in [6, 6.07) is 12.9. The molecule has 2 aromatic rings. The van der Waals surface area contributed by atoms with Crippen molar-refractivity contribution in [3.05, 3.63) is 66.0 Å². The highest BCUT2D eigenvalue weighted by atomic mass is 16.4. The highest BCUT2D eigenvalue weighted by Gasteiger charge is 2.53. The molecule has 2 heterocycles. The Hall–Kier alpha value is -3.66. The predicted molar refractivity (Wildman–Crippen MR) is 119 cm³/mol. The van der Waals surface area contributed by atoms with Crippen molar-refractivity contribution >= 4 is 17.8 Å². The van der Waals surface area contributed by atoms with E-state index in [0.717, 1.165) is 11.1 Å². The number of nitrogens with one attached hydrogen (secondary N) is 1. The van der Waals surface area contributed by atoms with E-state index < -0.39 is 23.5 Å². The molecule has 7 heteroatoms. The number of rotatable bonds is 7. The lowest BCUT2D eigenvalue weighted by Gasteiger charge is -2.45. The van der Waals surface area contributed by atoms with Crippen molar-refractivity contribution in [3.63, 3.8) is 0 Å². The molecule has 2 amide bonds. The Morgan fingerprint density at radius 2 is 1.91 bits per heavy atom. The number of pyridine rings is 1. The van der Waals surface area contributed by atoms with E-state index in [2.05, 4.69) is 22.1 Å². The number of aromatic nitrogens is 1. The van der Waals surface area contributed by atoms with Gasteiger partial charge in [0.1, 0.15) is 0 Å². The second-order valence-electron chi connectivity index (χ2n) is 7.84. The van der Waals surface area contributed by atoms with E-state index in [1.54, 1.807) is 12.4 Å². The molecule has 1 aliphatic heterocycles. The quantitative estimate of drug-likeness (QED) is 0.654. The number of amides is 2. The Morgan fingerprint density at radius 1 is 1.19 bits per heavy atom. The molecule has 3 rings (SSSR count). The van der Waals surface area contributed by atoms with Crippen molar-refractivity contribution in [2.24, 2.45) is 5.92 Å². The molecule has 1 saturated heterocycles. The molecule has 1 aromatic carbocycles. The van der Waals surface area contributed by atoms with Gasteiger partial charge in [-0.2, -0.15) is 0 Å². The van der Waals surface area contributed by atoms with Gasteiger partial charge >= 0.3 is 5.97 Å². The van der Waals surface area contributed by atoms with Crippen LogP contribution in [-0.4, -0.2) is 45.0 Å². The maximum absolute atomic E-state index is 12.8. The average molecular weight is 434 g/mol. The number of hydrogen-bond donors (Lipinski definition) is 2. The lowest BCUT2D eigenvalue weighted by molar-refractivity contribution is -0.169. The number of benzene rings is 1.